The van der Waals surface area contributed by atoms with E-state index in [2.05, 4.69) is 17.1 Å². The van der Waals surface area contributed by atoms with Crippen molar-refractivity contribution in [1.82, 2.24) is 5.32 Å². The number of anilines is 1. The Labute approximate surface area is 114 Å². The topological polar surface area (TPSA) is 24.5 Å². The Balaban J connectivity index is 2.28. The zero-order valence-electron chi connectivity index (χ0n) is 11.1. The first-order valence-electron chi connectivity index (χ1n) is 6.53. The third-order valence-electron chi connectivity index (χ3n) is 3.47. The molecule has 1 atom stereocenters. The molecule has 1 heterocycles. The van der Waals surface area contributed by atoms with Gasteiger partial charge in [-0.15, -0.1) is 0 Å². The van der Waals surface area contributed by atoms with E-state index in [4.69, 9.17) is 16.3 Å². The van der Waals surface area contributed by atoms with Gasteiger partial charge in [0.05, 0.1) is 12.8 Å². The lowest BCUT2D eigenvalue weighted by molar-refractivity contribution is 0.410. The van der Waals surface area contributed by atoms with E-state index in [1.54, 1.807) is 7.11 Å². The molecule has 0 aliphatic carbocycles. The summed E-state index contributed by atoms with van der Waals surface area (Å²) in [4.78, 5) is 2.41. The van der Waals surface area contributed by atoms with E-state index in [0.29, 0.717) is 6.04 Å². The summed E-state index contributed by atoms with van der Waals surface area (Å²) in [7, 11) is 1.71. The van der Waals surface area contributed by atoms with Crippen LogP contribution in [0.15, 0.2) is 18.2 Å². The van der Waals surface area contributed by atoms with E-state index in [1.807, 2.05) is 18.2 Å². The standard InChI is InChI=1S/C14H21ClN2O/c1-11-6-8-16-7-3-9-17(11)13-10-12(15)4-5-14(13)18-2/h4-5,10-11,16H,3,6-9H2,1-2H3. The molecular formula is C14H21ClN2O. The van der Waals surface area contributed by atoms with Gasteiger partial charge < -0.3 is 15.0 Å². The second-order valence-electron chi connectivity index (χ2n) is 4.75. The summed E-state index contributed by atoms with van der Waals surface area (Å²) in [6, 6.07) is 6.32. The van der Waals surface area contributed by atoms with Crippen molar-refractivity contribution in [3.05, 3.63) is 23.2 Å². The minimum absolute atomic E-state index is 0.491. The molecule has 1 N–H and O–H groups in total. The smallest absolute Gasteiger partial charge is 0.142 e. The van der Waals surface area contributed by atoms with Gasteiger partial charge in [0.25, 0.3) is 0 Å². The number of hydrogen-bond donors (Lipinski definition) is 1. The van der Waals surface area contributed by atoms with E-state index in [0.717, 1.165) is 48.9 Å². The number of rotatable bonds is 2. The largest absolute Gasteiger partial charge is 0.495 e. The average Bonchev–Trinajstić information content (AvgIpc) is 2.34. The highest BCUT2D eigenvalue weighted by atomic mass is 35.5. The molecule has 1 aromatic carbocycles. The third-order valence-corrected chi connectivity index (χ3v) is 3.71. The molecule has 3 nitrogen and oxygen atoms in total. The van der Waals surface area contributed by atoms with Crippen LogP contribution >= 0.6 is 11.6 Å². The summed E-state index contributed by atoms with van der Waals surface area (Å²) in [5, 5.41) is 4.21. The van der Waals surface area contributed by atoms with Gasteiger partial charge in [-0.25, -0.2) is 0 Å². The lowest BCUT2D eigenvalue weighted by Crippen LogP contribution is -2.40. The molecule has 2 rings (SSSR count). The molecule has 0 saturated carbocycles. The third kappa shape index (κ3) is 3.09. The van der Waals surface area contributed by atoms with Crippen molar-refractivity contribution in [3.63, 3.8) is 0 Å². The van der Waals surface area contributed by atoms with Gasteiger partial charge in [0.15, 0.2) is 0 Å². The second-order valence-corrected chi connectivity index (χ2v) is 5.19. The number of ether oxygens (including phenoxy) is 1. The quantitative estimate of drug-likeness (QED) is 0.893. The number of methoxy groups -OCH3 is 1. The molecule has 1 aromatic rings. The molecule has 1 aliphatic rings. The number of nitrogens with zero attached hydrogens (tertiary/aromatic N) is 1. The molecular weight excluding hydrogens is 248 g/mol. The maximum atomic E-state index is 6.12. The SMILES string of the molecule is COc1ccc(Cl)cc1N1CCCNCCC1C. The first kappa shape index (κ1) is 13.5. The fourth-order valence-electron chi connectivity index (χ4n) is 2.43. The van der Waals surface area contributed by atoms with Gasteiger partial charge in [0, 0.05) is 17.6 Å². The zero-order chi connectivity index (χ0) is 13.0. The molecule has 1 aliphatic heterocycles. The van der Waals surface area contributed by atoms with Crippen LogP contribution in [0.2, 0.25) is 5.02 Å². The summed E-state index contributed by atoms with van der Waals surface area (Å²) >= 11 is 6.12. The van der Waals surface area contributed by atoms with Crippen LogP contribution in [0.1, 0.15) is 19.8 Å². The van der Waals surface area contributed by atoms with Gasteiger partial charge in [-0.05, 0) is 51.1 Å². The first-order chi connectivity index (χ1) is 8.72. The minimum Gasteiger partial charge on any atom is -0.495 e. The first-order valence-corrected chi connectivity index (χ1v) is 6.91. The molecule has 1 unspecified atom stereocenters. The van der Waals surface area contributed by atoms with Crippen LogP contribution in [0.5, 0.6) is 5.75 Å². The van der Waals surface area contributed by atoms with Crippen LogP contribution < -0.4 is 15.0 Å². The average molecular weight is 269 g/mol. The summed E-state index contributed by atoms with van der Waals surface area (Å²) in [5.74, 6) is 0.903. The predicted octanol–water partition coefficient (Wildman–Crippen LogP) is 2.93. The Morgan fingerprint density at radius 3 is 3.00 bits per heavy atom. The highest BCUT2D eigenvalue weighted by Gasteiger charge is 2.19. The molecule has 0 amide bonds. The van der Waals surface area contributed by atoms with Gasteiger partial charge in [0.1, 0.15) is 5.75 Å². The number of hydrogen-bond acceptors (Lipinski definition) is 3. The molecule has 0 radical (unpaired) electrons. The predicted molar refractivity (Wildman–Crippen MR) is 76.9 cm³/mol. The summed E-state index contributed by atoms with van der Waals surface area (Å²) in [6.07, 6.45) is 2.27. The second kappa shape index (κ2) is 6.30. The van der Waals surface area contributed by atoms with Crippen LogP contribution in [0.3, 0.4) is 0 Å². The van der Waals surface area contributed by atoms with E-state index < -0.39 is 0 Å². The van der Waals surface area contributed by atoms with Crippen molar-refractivity contribution >= 4 is 17.3 Å². The molecule has 18 heavy (non-hydrogen) atoms. The maximum Gasteiger partial charge on any atom is 0.142 e. The Kier molecular flexibility index (Phi) is 4.72. The lowest BCUT2D eigenvalue weighted by atomic mass is 10.1. The van der Waals surface area contributed by atoms with Gasteiger partial charge in [-0.3, -0.25) is 0 Å². The van der Waals surface area contributed by atoms with Crippen molar-refractivity contribution in [1.29, 1.82) is 0 Å². The maximum absolute atomic E-state index is 6.12. The van der Waals surface area contributed by atoms with Gasteiger partial charge >= 0.3 is 0 Å². The number of halogens is 1. The molecule has 4 heteroatoms. The van der Waals surface area contributed by atoms with Gasteiger partial charge in [0.2, 0.25) is 0 Å². The van der Waals surface area contributed by atoms with E-state index >= 15 is 0 Å². The summed E-state index contributed by atoms with van der Waals surface area (Å²) in [6.45, 7) is 5.44. The number of benzene rings is 1. The molecule has 0 spiro atoms. The monoisotopic (exact) mass is 268 g/mol. The van der Waals surface area contributed by atoms with E-state index in [1.165, 1.54) is 0 Å². The normalized spacial score (nSPS) is 21.3. The highest BCUT2D eigenvalue weighted by molar-refractivity contribution is 6.30. The summed E-state index contributed by atoms with van der Waals surface area (Å²) < 4.78 is 5.46. The molecule has 1 saturated heterocycles. The van der Waals surface area contributed by atoms with Crippen LogP contribution in [0.25, 0.3) is 0 Å². The van der Waals surface area contributed by atoms with Crippen molar-refractivity contribution in [2.24, 2.45) is 0 Å². The Morgan fingerprint density at radius 2 is 2.22 bits per heavy atom. The van der Waals surface area contributed by atoms with E-state index in [-0.39, 0.29) is 0 Å². The molecule has 1 fully saturated rings. The highest BCUT2D eigenvalue weighted by Crippen LogP contribution is 2.33. The van der Waals surface area contributed by atoms with Crippen LogP contribution in [0, 0.1) is 0 Å². The fourth-order valence-corrected chi connectivity index (χ4v) is 2.60. The Bertz CT molecular complexity index is 397. The Hall–Kier alpha value is -0.930. The van der Waals surface area contributed by atoms with Crippen molar-refractivity contribution in [2.75, 3.05) is 31.6 Å². The zero-order valence-corrected chi connectivity index (χ0v) is 11.8. The fraction of sp³-hybridized carbons (Fsp3) is 0.571. The van der Waals surface area contributed by atoms with Crippen molar-refractivity contribution in [2.45, 2.75) is 25.8 Å². The van der Waals surface area contributed by atoms with Gasteiger partial charge in [-0.1, -0.05) is 11.6 Å². The van der Waals surface area contributed by atoms with Crippen LogP contribution in [-0.2, 0) is 0 Å². The van der Waals surface area contributed by atoms with E-state index in [9.17, 15) is 0 Å². The van der Waals surface area contributed by atoms with Crippen LogP contribution in [-0.4, -0.2) is 32.8 Å². The number of nitrogens with one attached hydrogen (secondary N) is 1. The van der Waals surface area contributed by atoms with Gasteiger partial charge in [-0.2, -0.15) is 0 Å². The molecule has 0 bridgehead atoms. The minimum atomic E-state index is 0.491. The molecule has 0 aromatic heterocycles. The lowest BCUT2D eigenvalue weighted by Gasteiger charge is -2.34. The van der Waals surface area contributed by atoms with Crippen molar-refractivity contribution in [3.8, 4) is 5.75 Å². The van der Waals surface area contributed by atoms with Crippen LogP contribution in [0.4, 0.5) is 5.69 Å². The van der Waals surface area contributed by atoms with Crippen molar-refractivity contribution < 1.29 is 4.74 Å². The molecule has 100 valence electrons. The summed E-state index contributed by atoms with van der Waals surface area (Å²) in [5.41, 5.74) is 1.11. The Morgan fingerprint density at radius 1 is 1.39 bits per heavy atom.